The summed E-state index contributed by atoms with van der Waals surface area (Å²) in [6.07, 6.45) is 1.74. The molecule has 0 aliphatic rings. The molecule has 0 aromatic heterocycles. The zero-order valence-electron chi connectivity index (χ0n) is 18.2. The number of benzene rings is 2. The molecule has 2 N–H and O–H groups in total. The molecule has 1 unspecified atom stereocenters. The van der Waals surface area contributed by atoms with Crippen LogP contribution in [0.3, 0.4) is 0 Å². The Kier molecular flexibility index (Phi) is 11.9. The van der Waals surface area contributed by atoms with Gasteiger partial charge in [-0.1, -0.05) is 49.1 Å². The molecule has 1 atom stereocenters. The number of hydrogen-bond donors (Lipinski definition) is 2. The molecule has 0 amide bonds. The van der Waals surface area contributed by atoms with Crippen LogP contribution in [0.25, 0.3) is 0 Å². The Morgan fingerprint density at radius 3 is 2.40 bits per heavy atom. The van der Waals surface area contributed by atoms with Gasteiger partial charge in [-0.25, -0.2) is 0 Å². The van der Waals surface area contributed by atoms with Crippen molar-refractivity contribution < 1.29 is 9.47 Å². The Balaban J connectivity index is 0.00000450. The monoisotopic (exact) mass is 524 g/mol. The highest BCUT2D eigenvalue weighted by Crippen LogP contribution is 2.27. The summed E-state index contributed by atoms with van der Waals surface area (Å²) in [6, 6.07) is 16.2. The van der Waals surface area contributed by atoms with Gasteiger partial charge in [0.2, 0.25) is 0 Å². The topological polar surface area (TPSA) is 58.1 Å². The number of hydrogen-bond acceptors (Lipinski definition) is 4. The molecule has 6 nitrogen and oxygen atoms in total. The number of guanidine groups is 1. The van der Waals surface area contributed by atoms with Gasteiger partial charge in [-0.15, -0.1) is 24.0 Å². The van der Waals surface area contributed by atoms with E-state index in [4.69, 9.17) is 9.47 Å². The lowest BCUT2D eigenvalue weighted by Crippen LogP contribution is -2.41. The highest BCUT2D eigenvalue weighted by Gasteiger charge is 2.18. The summed E-state index contributed by atoms with van der Waals surface area (Å²) in [5.74, 6) is 2.45. The molecule has 30 heavy (non-hydrogen) atoms. The van der Waals surface area contributed by atoms with Crippen molar-refractivity contribution in [2.75, 3.05) is 41.4 Å². The predicted molar refractivity (Wildman–Crippen MR) is 135 cm³/mol. The van der Waals surface area contributed by atoms with Crippen LogP contribution in [-0.2, 0) is 6.54 Å². The first-order chi connectivity index (χ1) is 14.1. The Hall–Kier alpha value is -2.26. The Morgan fingerprint density at radius 2 is 1.77 bits per heavy atom. The minimum absolute atomic E-state index is 0. The largest absolute Gasteiger partial charge is 0.496 e. The molecule has 0 fully saturated rings. The average Bonchev–Trinajstić information content (AvgIpc) is 2.75. The summed E-state index contributed by atoms with van der Waals surface area (Å²) >= 11 is 0. The van der Waals surface area contributed by atoms with E-state index in [2.05, 4.69) is 47.3 Å². The molecule has 0 bridgehead atoms. The number of nitrogens with one attached hydrogen (secondary N) is 2. The second-order valence-corrected chi connectivity index (χ2v) is 6.74. The van der Waals surface area contributed by atoms with Crippen molar-refractivity contribution in [3.8, 4) is 11.5 Å². The normalized spacial score (nSPS) is 12.0. The molecule has 0 saturated heterocycles. The molecule has 0 saturated carbocycles. The third kappa shape index (κ3) is 7.53. The quantitative estimate of drug-likeness (QED) is 0.214. The maximum atomic E-state index is 5.73. The number of aliphatic imine (C=N–C) groups is 1. The Morgan fingerprint density at radius 1 is 1.10 bits per heavy atom. The van der Waals surface area contributed by atoms with E-state index in [1.807, 2.05) is 42.5 Å². The maximum Gasteiger partial charge on any atom is 0.191 e. The molecular formula is C23H33IN4O2. The van der Waals surface area contributed by atoms with Gasteiger partial charge in [0.05, 0.1) is 13.2 Å². The Bertz CT molecular complexity index is 811. The van der Waals surface area contributed by atoms with E-state index in [1.165, 1.54) is 0 Å². The summed E-state index contributed by atoms with van der Waals surface area (Å²) in [7, 11) is 7.58. The highest BCUT2D eigenvalue weighted by atomic mass is 127. The van der Waals surface area contributed by atoms with Gasteiger partial charge in [-0.05, 0) is 26.2 Å². The SMILES string of the molecule is C=CCOc1ccccc1CNC(=NC)NCC(c1ccccc1OC)N(C)C.I. The molecule has 0 aliphatic heterocycles. The van der Waals surface area contributed by atoms with Gasteiger partial charge in [-0.2, -0.15) is 0 Å². The molecule has 0 radical (unpaired) electrons. The van der Waals surface area contributed by atoms with Gasteiger partial charge in [0.15, 0.2) is 5.96 Å². The van der Waals surface area contributed by atoms with E-state index < -0.39 is 0 Å². The summed E-state index contributed by atoms with van der Waals surface area (Å²) < 4.78 is 11.3. The van der Waals surface area contributed by atoms with Crippen molar-refractivity contribution in [1.29, 1.82) is 0 Å². The summed E-state index contributed by atoms with van der Waals surface area (Å²) in [4.78, 5) is 6.51. The van der Waals surface area contributed by atoms with Crippen molar-refractivity contribution in [2.45, 2.75) is 12.6 Å². The summed E-state index contributed by atoms with van der Waals surface area (Å²) in [6.45, 7) is 5.47. The molecule has 7 heteroatoms. The van der Waals surface area contributed by atoms with Crippen LogP contribution in [-0.4, -0.2) is 52.3 Å². The number of methoxy groups -OCH3 is 1. The minimum atomic E-state index is 0. The average molecular weight is 524 g/mol. The molecule has 2 aromatic rings. The number of para-hydroxylation sites is 2. The van der Waals surface area contributed by atoms with Crippen LogP contribution in [0.2, 0.25) is 0 Å². The van der Waals surface area contributed by atoms with E-state index in [9.17, 15) is 0 Å². The molecule has 0 heterocycles. The number of ether oxygens (including phenoxy) is 2. The van der Waals surface area contributed by atoms with Gasteiger partial charge in [0.1, 0.15) is 18.1 Å². The molecule has 0 spiro atoms. The van der Waals surface area contributed by atoms with Crippen molar-refractivity contribution in [2.24, 2.45) is 4.99 Å². The second kappa shape index (κ2) is 13.9. The van der Waals surface area contributed by atoms with Crippen molar-refractivity contribution >= 4 is 29.9 Å². The number of rotatable bonds is 10. The van der Waals surface area contributed by atoms with E-state index in [0.717, 1.165) is 28.6 Å². The van der Waals surface area contributed by atoms with Gasteiger partial charge in [-0.3, -0.25) is 4.99 Å². The highest BCUT2D eigenvalue weighted by molar-refractivity contribution is 14.0. The fraction of sp³-hybridized carbons (Fsp3) is 0.348. The van der Waals surface area contributed by atoms with E-state index in [0.29, 0.717) is 19.7 Å². The van der Waals surface area contributed by atoms with E-state index >= 15 is 0 Å². The van der Waals surface area contributed by atoms with Crippen molar-refractivity contribution in [1.82, 2.24) is 15.5 Å². The van der Waals surface area contributed by atoms with E-state index in [1.54, 1.807) is 20.2 Å². The third-order valence-corrected chi connectivity index (χ3v) is 4.58. The van der Waals surface area contributed by atoms with Crippen LogP contribution in [0.5, 0.6) is 11.5 Å². The number of halogens is 1. The first kappa shape index (κ1) is 25.8. The summed E-state index contributed by atoms with van der Waals surface area (Å²) in [5, 5.41) is 6.78. The zero-order chi connectivity index (χ0) is 21.1. The number of likely N-dealkylation sites (N-methyl/N-ethyl adjacent to an activating group) is 1. The lowest BCUT2D eigenvalue weighted by Gasteiger charge is -2.27. The predicted octanol–water partition coefficient (Wildman–Crippen LogP) is 3.85. The zero-order valence-corrected chi connectivity index (χ0v) is 20.6. The molecule has 2 aromatic carbocycles. The van der Waals surface area contributed by atoms with Crippen molar-refractivity contribution in [3.63, 3.8) is 0 Å². The van der Waals surface area contributed by atoms with Crippen LogP contribution >= 0.6 is 24.0 Å². The van der Waals surface area contributed by atoms with Gasteiger partial charge in [0, 0.05) is 31.3 Å². The van der Waals surface area contributed by atoms with Crippen LogP contribution in [0.4, 0.5) is 0 Å². The standard InChI is InChI=1S/C23H32N4O2.HI/c1-6-15-29-21-13-9-7-11-18(21)16-25-23(24-2)26-17-20(27(3)4)19-12-8-10-14-22(19)28-5;/h6-14,20H,1,15-17H2,2-5H3,(H2,24,25,26);1H. The van der Waals surface area contributed by atoms with Crippen LogP contribution in [0.15, 0.2) is 66.2 Å². The van der Waals surface area contributed by atoms with Crippen molar-refractivity contribution in [3.05, 3.63) is 72.3 Å². The number of nitrogens with zero attached hydrogens (tertiary/aromatic N) is 2. The third-order valence-electron chi connectivity index (χ3n) is 4.58. The van der Waals surface area contributed by atoms with Crippen LogP contribution < -0.4 is 20.1 Å². The fourth-order valence-electron chi connectivity index (χ4n) is 3.04. The maximum absolute atomic E-state index is 5.73. The first-order valence-corrected chi connectivity index (χ1v) is 9.66. The summed E-state index contributed by atoms with van der Waals surface area (Å²) in [5.41, 5.74) is 2.19. The van der Waals surface area contributed by atoms with Gasteiger partial charge in [0.25, 0.3) is 0 Å². The second-order valence-electron chi connectivity index (χ2n) is 6.74. The lowest BCUT2D eigenvalue weighted by molar-refractivity contribution is 0.287. The Labute approximate surface area is 197 Å². The molecule has 2 rings (SSSR count). The minimum Gasteiger partial charge on any atom is -0.496 e. The molecule has 164 valence electrons. The molecule has 0 aliphatic carbocycles. The first-order valence-electron chi connectivity index (χ1n) is 9.66. The van der Waals surface area contributed by atoms with Gasteiger partial charge >= 0.3 is 0 Å². The van der Waals surface area contributed by atoms with Crippen LogP contribution in [0.1, 0.15) is 17.2 Å². The van der Waals surface area contributed by atoms with E-state index in [-0.39, 0.29) is 30.0 Å². The fourth-order valence-corrected chi connectivity index (χ4v) is 3.04. The lowest BCUT2D eigenvalue weighted by atomic mass is 10.0. The molecular weight excluding hydrogens is 491 g/mol. The smallest absolute Gasteiger partial charge is 0.191 e. The van der Waals surface area contributed by atoms with Gasteiger partial charge < -0.3 is 25.0 Å². The van der Waals surface area contributed by atoms with Crippen LogP contribution in [0, 0.1) is 0 Å².